The summed E-state index contributed by atoms with van der Waals surface area (Å²) in [4.78, 5) is 15.8. The Morgan fingerprint density at radius 2 is 1.88 bits per heavy atom. The first kappa shape index (κ1) is 17.3. The van der Waals surface area contributed by atoms with E-state index in [1.54, 1.807) is 13.8 Å². The SMILES string of the molecule is CC.CC.CCOC(=O)c1nc(N)sc1C. The van der Waals surface area contributed by atoms with Crippen LogP contribution in [0, 0.1) is 6.92 Å². The molecule has 0 aromatic carbocycles. The van der Waals surface area contributed by atoms with Crippen molar-refractivity contribution in [3.8, 4) is 0 Å². The van der Waals surface area contributed by atoms with Gasteiger partial charge in [-0.3, -0.25) is 0 Å². The van der Waals surface area contributed by atoms with E-state index in [9.17, 15) is 4.79 Å². The Labute approximate surface area is 102 Å². The average molecular weight is 246 g/mol. The Hall–Kier alpha value is -1.10. The first-order valence-corrected chi connectivity index (χ1v) is 6.36. The number of aromatic nitrogens is 1. The van der Waals surface area contributed by atoms with Crippen LogP contribution in [0.3, 0.4) is 0 Å². The summed E-state index contributed by atoms with van der Waals surface area (Å²) in [6, 6.07) is 0. The van der Waals surface area contributed by atoms with Crippen LogP contribution in [0.15, 0.2) is 0 Å². The third kappa shape index (κ3) is 5.70. The van der Waals surface area contributed by atoms with Gasteiger partial charge >= 0.3 is 5.97 Å². The number of esters is 1. The molecule has 0 saturated heterocycles. The van der Waals surface area contributed by atoms with Crippen LogP contribution >= 0.6 is 11.3 Å². The summed E-state index contributed by atoms with van der Waals surface area (Å²) in [6.07, 6.45) is 0. The minimum atomic E-state index is -0.400. The monoisotopic (exact) mass is 246 g/mol. The largest absolute Gasteiger partial charge is 0.461 e. The molecule has 0 radical (unpaired) electrons. The molecule has 1 rings (SSSR count). The van der Waals surface area contributed by atoms with Gasteiger partial charge in [0.1, 0.15) is 0 Å². The maximum atomic E-state index is 11.1. The van der Waals surface area contributed by atoms with Crippen molar-refractivity contribution in [1.29, 1.82) is 0 Å². The molecule has 0 fully saturated rings. The van der Waals surface area contributed by atoms with Gasteiger partial charge in [-0.2, -0.15) is 0 Å². The number of hydrogen-bond donors (Lipinski definition) is 1. The van der Waals surface area contributed by atoms with E-state index in [0.717, 1.165) is 4.88 Å². The first-order chi connectivity index (χ1) is 7.65. The molecular weight excluding hydrogens is 224 g/mol. The van der Waals surface area contributed by atoms with E-state index in [1.165, 1.54) is 11.3 Å². The summed E-state index contributed by atoms with van der Waals surface area (Å²) < 4.78 is 4.77. The van der Waals surface area contributed by atoms with Crippen molar-refractivity contribution in [2.75, 3.05) is 12.3 Å². The van der Waals surface area contributed by atoms with Crippen LogP contribution in [-0.4, -0.2) is 17.6 Å². The maximum Gasteiger partial charge on any atom is 0.358 e. The Balaban J connectivity index is 0. The van der Waals surface area contributed by atoms with Gasteiger partial charge in [-0.25, -0.2) is 9.78 Å². The predicted molar refractivity (Wildman–Crippen MR) is 69.9 cm³/mol. The van der Waals surface area contributed by atoms with E-state index in [2.05, 4.69) is 4.98 Å². The fraction of sp³-hybridized carbons (Fsp3) is 0.636. The van der Waals surface area contributed by atoms with Crippen LogP contribution in [0.1, 0.15) is 50.0 Å². The quantitative estimate of drug-likeness (QED) is 0.813. The molecule has 0 amide bonds. The minimum Gasteiger partial charge on any atom is -0.461 e. The molecule has 0 aliphatic rings. The highest BCUT2D eigenvalue weighted by molar-refractivity contribution is 7.15. The molecule has 16 heavy (non-hydrogen) atoms. The molecule has 2 N–H and O–H groups in total. The van der Waals surface area contributed by atoms with Gasteiger partial charge in [0.15, 0.2) is 10.8 Å². The fourth-order valence-corrected chi connectivity index (χ4v) is 1.48. The van der Waals surface area contributed by atoms with Crippen LogP contribution in [0.2, 0.25) is 0 Å². The van der Waals surface area contributed by atoms with E-state index in [-0.39, 0.29) is 0 Å². The number of rotatable bonds is 2. The number of nitrogens with zero attached hydrogens (tertiary/aromatic N) is 1. The zero-order chi connectivity index (χ0) is 13.1. The Morgan fingerprint density at radius 3 is 2.19 bits per heavy atom. The fourth-order valence-electron chi connectivity index (χ4n) is 0.806. The van der Waals surface area contributed by atoms with Gasteiger partial charge < -0.3 is 10.5 Å². The smallest absolute Gasteiger partial charge is 0.358 e. The lowest BCUT2D eigenvalue weighted by molar-refractivity contribution is 0.0519. The molecule has 0 spiro atoms. The number of nitrogens with two attached hydrogens (primary N) is 1. The standard InChI is InChI=1S/C7H10N2O2S.2C2H6/c1-3-11-6(10)5-4(2)12-7(8)9-5;2*1-2/h3H2,1-2H3,(H2,8,9);2*1-2H3. The molecule has 0 bridgehead atoms. The minimum absolute atomic E-state index is 0.333. The third-order valence-corrected chi connectivity index (χ3v) is 2.08. The van der Waals surface area contributed by atoms with Crippen LogP contribution in [0.4, 0.5) is 5.13 Å². The molecule has 1 heterocycles. The van der Waals surface area contributed by atoms with Crippen molar-refractivity contribution in [3.63, 3.8) is 0 Å². The number of ether oxygens (including phenoxy) is 1. The van der Waals surface area contributed by atoms with Crippen molar-refractivity contribution in [2.45, 2.75) is 41.5 Å². The topological polar surface area (TPSA) is 65.2 Å². The van der Waals surface area contributed by atoms with Gasteiger partial charge in [0.25, 0.3) is 0 Å². The van der Waals surface area contributed by atoms with Gasteiger partial charge in [-0.05, 0) is 13.8 Å². The average Bonchev–Trinajstić information content (AvgIpc) is 2.64. The van der Waals surface area contributed by atoms with Crippen molar-refractivity contribution < 1.29 is 9.53 Å². The molecule has 5 heteroatoms. The number of carbonyl (C=O) groups is 1. The van der Waals surface area contributed by atoms with Gasteiger partial charge in [-0.15, -0.1) is 11.3 Å². The number of aryl methyl sites for hydroxylation is 1. The van der Waals surface area contributed by atoms with Crippen LogP contribution in [0.25, 0.3) is 0 Å². The van der Waals surface area contributed by atoms with Crippen molar-refractivity contribution in [2.24, 2.45) is 0 Å². The number of carbonyl (C=O) groups excluding carboxylic acids is 1. The van der Waals surface area contributed by atoms with Gasteiger partial charge in [-0.1, -0.05) is 27.7 Å². The Morgan fingerprint density at radius 1 is 1.38 bits per heavy atom. The summed E-state index contributed by atoms with van der Waals surface area (Å²) in [5.74, 6) is -0.400. The van der Waals surface area contributed by atoms with Crippen molar-refractivity contribution >= 4 is 22.4 Å². The lowest BCUT2D eigenvalue weighted by Gasteiger charge is -1.97. The summed E-state index contributed by atoms with van der Waals surface area (Å²) in [5, 5.41) is 0.399. The van der Waals surface area contributed by atoms with E-state index in [4.69, 9.17) is 10.5 Å². The normalized spacial score (nSPS) is 8.12. The maximum absolute atomic E-state index is 11.1. The molecule has 1 aromatic rings. The summed E-state index contributed by atoms with van der Waals surface area (Å²) >= 11 is 1.29. The zero-order valence-corrected chi connectivity index (χ0v) is 11.8. The van der Waals surface area contributed by atoms with Crippen LogP contribution in [0.5, 0.6) is 0 Å². The first-order valence-electron chi connectivity index (χ1n) is 5.55. The van der Waals surface area contributed by atoms with Crippen molar-refractivity contribution in [1.82, 2.24) is 4.98 Å². The number of thiazole rings is 1. The molecular formula is C11H22N2O2S. The Kier molecular flexibility index (Phi) is 11.3. The molecule has 94 valence electrons. The van der Waals surface area contributed by atoms with Crippen LogP contribution in [-0.2, 0) is 4.74 Å². The number of anilines is 1. The molecule has 4 nitrogen and oxygen atoms in total. The highest BCUT2D eigenvalue weighted by atomic mass is 32.1. The second-order valence-electron chi connectivity index (χ2n) is 2.18. The summed E-state index contributed by atoms with van der Waals surface area (Å²) in [6.45, 7) is 11.9. The molecule has 0 saturated carbocycles. The summed E-state index contributed by atoms with van der Waals surface area (Å²) in [7, 11) is 0. The molecule has 0 aliphatic carbocycles. The molecule has 1 aromatic heterocycles. The molecule has 0 unspecified atom stereocenters. The van der Waals surface area contributed by atoms with Crippen molar-refractivity contribution in [3.05, 3.63) is 10.6 Å². The van der Waals surface area contributed by atoms with E-state index in [1.807, 2.05) is 27.7 Å². The van der Waals surface area contributed by atoms with Gasteiger partial charge in [0.05, 0.1) is 6.61 Å². The predicted octanol–water partition coefficient (Wildman–Crippen LogP) is 3.26. The molecule has 0 atom stereocenters. The zero-order valence-electron chi connectivity index (χ0n) is 11.0. The van der Waals surface area contributed by atoms with E-state index in [0.29, 0.717) is 17.4 Å². The highest BCUT2D eigenvalue weighted by Crippen LogP contribution is 2.19. The number of nitrogen functional groups attached to an aromatic ring is 1. The number of hydrogen-bond acceptors (Lipinski definition) is 5. The van der Waals surface area contributed by atoms with Gasteiger partial charge in [0.2, 0.25) is 0 Å². The second kappa shape index (κ2) is 10.4. The van der Waals surface area contributed by atoms with E-state index < -0.39 is 5.97 Å². The van der Waals surface area contributed by atoms with Crippen LogP contribution < -0.4 is 5.73 Å². The molecule has 0 aliphatic heterocycles. The highest BCUT2D eigenvalue weighted by Gasteiger charge is 2.14. The lowest BCUT2D eigenvalue weighted by Crippen LogP contribution is -2.06. The lowest BCUT2D eigenvalue weighted by atomic mass is 10.4. The van der Waals surface area contributed by atoms with Gasteiger partial charge in [0, 0.05) is 4.88 Å². The van der Waals surface area contributed by atoms with E-state index >= 15 is 0 Å². The summed E-state index contributed by atoms with van der Waals surface area (Å²) in [5.41, 5.74) is 5.75. The third-order valence-electron chi connectivity index (χ3n) is 1.28. The Bertz CT molecular complexity index is 298. The second-order valence-corrected chi connectivity index (χ2v) is 3.41.